The second-order valence-electron chi connectivity index (χ2n) is 3.38. The molecule has 0 amide bonds. The predicted octanol–water partition coefficient (Wildman–Crippen LogP) is 3.01. The lowest BCUT2D eigenvalue weighted by atomic mass is 10.0. The minimum Gasteiger partial charge on any atom is -0.381 e. The highest BCUT2D eigenvalue weighted by atomic mass is 16.5. The number of hydrogen-bond acceptors (Lipinski definition) is 1. The molecule has 0 aromatic rings. The topological polar surface area (TPSA) is 9.23 Å². The van der Waals surface area contributed by atoms with E-state index in [2.05, 4.69) is 33.8 Å². The lowest BCUT2D eigenvalue weighted by Gasteiger charge is -2.08. The summed E-state index contributed by atoms with van der Waals surface area (Å²) in [6.07, 6.45) is 3.64. The molecule has 0 saturated heterocycles. The van der Waals surface area contributed by atoms with Gasteiger partial charge in [0.15, 0.2) is 0 Å². The summed E-state index contributed by atoms with van der Waals surface area (Å²) < 4.78 is 5.14. The van der Waals surface area contributed by atoms with E-state index in [1.807, 2.05) is 0 Å². The Balaban J connectivity index is 3.72. The van der Waals surface area contributed by atoms with E-state index in [0.29, 0.717) is 12.0 Å². The van der Waals surface area contributed by atoms with Crippen LogP contribution < -0.4 is 0 Å². The molecule has 0 spiro atoms. The number of hydrogen-bond donors (Lipinski definition) is 0. The van der Waals surface area contributed by atoms with E-state index in [0.717, 1.165) is 6.42 Å². The fourth-order valence-electron chi connectivity index (χ4n) is 0.684. The highest BCUT2D eigenvalue weighted by Gasteiger charge is 1.98. The molecule has 1 heteroatoms. The van der Waals surface area contributed by atoms with Gasteiger partial charge in [0, 0.05) is 7.11 Å². The normalized spacial score (nSPS) is 15.6. The molecule has 0 heterocycles. The van der Waals surface area contributed by atoms with Crippen molar-refractivity contribution < 1.29 is 4.74 Å². The fraction of sp³-hybridized carbons (Fsp3) is 0.800. The third-order valence-electron chi connectivity index (χ3n) is 2.08. The van der Waals surface area contributed by atoms with Crippen molar-refractivity contribution in [1.29, 1.82) is 0 Å². The average molecular weight is 156 g/mol. The highest BCUT2D eigenvalue weighted by Crippen LogP contribution is 2.10. The Kier molecular flexibility index (Phi) is 5.22. The van der Waals surface area contributed by atoms with Gasteiger partial charge in [-0.25, -0.2) is 0 Å². The SMILES string of the molecule is COC(C)CC=C(C)C(C)C. The second kappa shape index (κ2) is 5.36. The molecule has 0 saturated carbocycles. The first-order chi connectivity index (χ1) is 5.07. The van der Waals surface area contributed by atoms with Crippen molar-refractivity contribution in [2.75, 3.05) is 7.11 Å². The average Bonchev–Trinajstić information content (AvgIpc) is 1.99. The standard InChI is InChI=1S/C10H20O/c1-8(2)9(3)6-7-10(4)11-5/h6,8,10H,7H2,1-5H3. The van der Waals surface area contributed by atoms with E-state index in [9.17, 15) is 0 Å². The van der Waals surface area contributed by atoms with Crippen molar-refractivity contribution in [2.45, 2.75) is 40.2 Å². The summed E-state index contributed by atoms with van der Waals surface area (Å²) in [5.41, 5.74) is 1.45. The molecule has 0 N–H and O–H groups in total. The first-order valence-corrected chi connectivity index (χ1v) is 4.27. The Bertz CT molecular complexity index is 125. The second-order valence-corrected chi connectivity index (χ2v) is 3.38. The van der Waals surface area contributed by atoms with Gasteiger partial charge in [-0.1, -0.05) is 25.5 Å². The predicted molar refractivity (Wildman–Crippen MR) is 49.7 cm³/mol. The Labute approximate surface area is 70.4 Å². The van der Waals surface area contributed by atoms with Gasteiger partial charge in [0.25, 0.3) is 0 Å². The van der Waals surface area contributed by atoms with Crippen molar-refractivity contribution in [3.63, 3.8) is 0 Å². The molecule has 11 heavy (non-hydrogen) atoms. The molecule has 0 fully saturated rings. The van der Waals surface area contributed by atoms with E-state index in [-0.39, 0.29) is 0 Å². The van der Waals surface area contributed by atoms with Crippen LogP contribution >= 0.6 is 0 Å². The molecule has 0 radical (unpaired) electrons. The number of allylic oxidation sites excluding steroid dienone is 1. The van der Waals surface area contributed by atoms with Gasteiger partial charge in [-0.3, -0.25) is 0 Å². The molecule has 0 aliphatic heterocycles. The van der Waals surface area contributed by atoms with E-state index in [1.54, 1.807) is 7.11 Å². The molecule has 0 rings (SSSR count). The first kappa shape index (κ1) is 10.7. The summed E-state index contributed by atoms with van der Waals surface area (Å²) in [5, 5.41) is 0. The van der Waals surface area contributed by atoms with Crippen LogP contribution in [0, 0.1) is 5.92 Å². The van der Waals surface area contributed by atoms with Gasteiger partial charge in [-0.05, 0) is 26.2 Å². The summed E-state index contributed by atoms with van der Waals surface area (Å²) in [6, 6.07) is 0. The third kappa shape index (κ3) is 5.02. The minimum absolute atomic E-state index is 0.351. The summed E-state index contributed by atoms with van der Waals surface area (Å²) in [6.45, 7) is 8.68. The van der Waals surface area contributed by atoms with Gasteiger partial charge >= 0.3 is 0 Å². The molecular weight excluding hydrogens is 136 g/mol. The lowest BCUT2D eigenvalue weighted by Crippen LogP contribution is -2.03. The van der Waals surface area contributed by atoms with Crippen LogP contribution in [0.1, 0.15) is 34.1 Å². The maximum Gasteiger partial charge on any atom is 0.0577 e. The zero-order chi connectivity index (χ0) is 8.85. The molecule has 66 valence electrons. The van der Waals surface area contributed by atoms with Crippen molar-refractivity contribution in [3.8, 4) is 0 Å². The molecule has 0 aliphatic rings. The van der Waals surface area contributed by atoms with Crippen LogP contribution in [0.25, 0.3) is 0 Å². The van der Waals surface area contributed by atoms with E-state index >= 15 is 0 Å². The van der Waals surface area contributed by atoms with E-state index in [1.165, 1.54) is 5.57 Å². The Morgan fingerprint density at radius 1 is 1.36 bits per heavy atom. The molecule has 1 nitrogen and oxygen atoms in total. The van der Waals surface area contributed by atoms with Crippen LogP contribution in [0.2, 0.25) is 0 Å². The Morgan fingerprint density at radius 3 is 2.27 bits per heavy atom. The molecule has 0 bridgehead atoms. The van der Waals surface area contributed by atoms with Gasteiger partial charge in [0.1, 0.15) is 0 Å². The number of rotatable bonds is 4. The fourth-order valence-corrected chi connectivity index (χ4v) is 0.684. The molecule has 1 unspecified atom stereocenters. The van der Waals surface area contributed by atoms with Crippen molar-refractivity contribution in [3.05, 3.63) is 11.6 Å². The zero-order valence-electron chi connectivity index (χ0n) is 8.35. The quantitative estimate of drug-likeness (QED) is 0.568. The maximum absolute atomic E-state index is 5.14. The Morgan fingerprint density at radius 2 is 1.91 bits per heavy atom. The molecule has 0 aromatic heterocycles. The smallest absolute Gasteiger partial charge is 0.0577 e. The molecular formula is C10H20O. The zero-order valence-corrected chi connectivity index (χ0v) is 8.35. The minimum atomic E-state index is 0.351. The maximum atomic E-state index is 5.14. The van der Waals surface area contributed by atoms with Crippen molar-refractivity contribution in [1.82, 2.24) is 0 Å². The summed E-state index contributed by atoms with van der Waals surface area (Å²) in [7, 11) is 1.75. The van der Waals surface area contributed by atoms with Gasteiger partial charge < -0.3 is 4.74 Å². The summed E-state index contributed by atoms with van der Waals surface area (Å²) in [4.78, 5) is 0. The largest absolute Gasteiger partial charge is 0.381 e. The van der Waals surface area contributed by atoms with Gasteiger partial charge in [-0.15, -0.1) is 0 Å². The van der Waals surface area contributed by atoms with E-state index in [4.69, 9.17) is 4.74 Å². The van der Waals surface area contributed by atoms with Crippen molar-refractivity contribution in [2.24, 2.45) is 5.92 Å². The molecule has 0 aromatic carbocycles. The molecule has 1 atom stereocenters. The monoisotopic (exact) mass is 156 g/mol. The van der Waals surface area contributed by atoms with Gasteiger partial charge in [-0.2, -0.15) is 0 Å². The van der Waals surface area contributed by atoms with Crippen molar-refractivity contribution >= 4 is 0 Å². The van der Waals surface area contributed by atoms with E-state index < -0.39 is 0 Å². The third-order valence-corrected chi connectivity index (χ3v) is 2.08. The lowest BCUT2D eigenvalue weighted by molar-refractivity contribution is 0.121. The van der Waals surface area contributed by atoms with Crippen LogP contribution in [0.3, 0.4) is 0 Å². The molecule has 0 aliphatic carbocycles. The highest BCUT2D eigenvalue weighted by molar-refractivity contribution is 5.01. The first-order valence-electron chi connectivity index (χ1n) is 4.27. The van der Waals surface area contributed by atoms with Crippen LogP contribution in [0.5, 0.6) is 0 Å². The van der Waals surface area contributed by atoms with Gasteiger partial charge in [0.2, 0.25) is 0 Å². The summed E-state index contributed by atoms with van der Waals surface area (Å²) >= 11 is 0. The summed E-state index contributed by atoms with van der Waals surface area (Å²) in [5.74, 6) is 0.666. The Hall–Kier alpha value is -0.300. The number of ether oxygens (including phenoxy) is 1. The van der Waals surface area contributed by atoms with Gasteiger partial charge in [0.05, 0.1) is 6.10 Å². The van der Waals surface area contributed by atoms with Crippen LogP contribution in [0.15, 0.2) is 11.6 Å². The van der Waals surface area contributed by atoms with Crippen LogP contribution in [0.4, 0.5) is 0 Å². The van der Waals surface area contributed by atoms with Crippen LogP contribution in [-0.4, -0.2) is 13.2 Å². The van der Waals surface area contributed by atoms with Crippen LogP contribution in [-0.2, 0) is 4.74 Å². The number of methoxy groups -OCH3 is 1.